The SMILES string of the molecule is CN(C)c1ccc(C=NNc2nc(-c3ccccc3)cc(-c3ccc(Br)cc3)n2)cc1. The van der Waals surface area contributed by atoms with Crippen molar-refractivity contribution in [3.8, 4) is 22.5 Å². The van der Waals surface area contributed by atoms with E-state index in [-0.39, 0.29) is 0 Å². The Labute approximate surface area is 190 Å². The van der Waals surface area contributed by atoms with Crippen molar-refractivity contribution in [3.63, 3.8) is 0 Å². The van der Waals surface area contributed by atoms with Crippen LogP contribution in [0.5, 0.6) is 0 Å². The molecule has 4 rings (SSSR count). The number of hydrogen-bond acceptors (Lipinski definition) is 5. The second kappa shape index (κ2) is 9.53. The lowest BCUT2D eigenvalue weighted by Crippen LogP contribution is -2.08. The monoisotopic (exact) mass is 471 g/mol. The summed E-state index contributed by atoms with van der Waals surface area (Å²) < 4.78 is 1.02. The van der Waals surface area contributed by atoms with Crippen molar-refractivity contribution in [1.29, 1.82) is 0 Å². The van der Waals surface area contributed by atoms with Crippen LogP contribution in [0.3, 0.4) is 0 Å². The van der Waals surface area contributed by atoms with E-state index in [1.54, 1.807) is 6.21 Å². The lowest BCUT2D eigenvalue weighted by atomic mass is 10.1. The van der Waals surface area contributed by atoms with Gasteiger partial charge in [0.1, 0.15) is 0 Å². The van der Waals surface area contributed by atoms with Gasteiger partial charge in [-0.25, -0.2) is 15.4 Å². The van der Waals surface area contributed by atoms with E-state index in [0.29, 0.717) is 5.95 Å². The average molecular weight is 472 g/mol. The minimum Gasteiger partial charge on any atom is -0.378 e. The van der Waals surface area contributed by atoms with Crippen molar-refractivity contribution in [1.82, 2.24) is 9.97 Å². The molecule has 3 aromatic carbocycles. The summed E-state index contributed by atoms with van der Waals surface area (Å²) in [7, 11) is 4.04. The van der Waals surface area contributed by atoms with Crippen molar-refractivity contribution in [2.45, 2.75) is 0 Å². The summed E-state index contributed by atoms with van der Waals surface area (Å²) in [6.45, 7) is 0. The lowest BCUT2D eigenvalue weighted by Gasteiger charge is -2.11. The van der Waals surface area contributed by atoms with Gasteiger partial charge >= 0.3 is 0 Å². The Morgan fingerprint density at radius 1 is 0.806 bits per heavy atom. The third-order valence-corrected chi connectivity index (χ3v) is 5.25. The zero-order valence-corrected chi connectivity index (χ0v) is 18.9. The quantitative estimate of drug-likeness (QED) is 0.273. The molecule has 0 aliphatic heterocycles. The maximum absolute atomic E-state index is 4.67. The number of nitrogens with one attached hydrogen (secondary N) is 1. The molecule has 1 aromatic heterocycles. The molecule has 0 aliphatic carbocycles. The Morgan fingerprint density at radius 2 is 1.42 bits per heavy atom. The van der Waals surface area contributed by atoms with Gasteiger partial charge in [-0.2, -0.15) is 5.10 Å². The molecule has 0 atom stereocenters. The highest BCUT2D eigenvalue weighted by molar-refractivity contribution is 9.10. The van der Waals surface area contributed by atoms with E-state index >= 15 is 0 Å². The topological polar surface area (TPSA) is 53.4 Å². The molecule has 5 nitrogen and oxygen atoms in total. The Hall–Kier alpha value is -3.51. The van der Waals surface area contributed by atoms with Crippen LogP contribution < -0.4 is 10.3 Å². The van der Waals surface area contributed by atoms with Gasteiger partial charge < -0.3 is 4.90 Å². The molecule has 0 amide bonds. The zero-order chi connectivity index (χ0) is 21.6. The van der Waals surface area contributed by atoms with Gasteiger partial charge in [-0.3, -0.25) is 0 Å². The molecule has 0 fully saturated rings. The van der Waals surface area contributed by atoms with Gasteiger partial charge in [0, 0.05) is 35.4 Å². The maximum atomic E-state index is 4.67. The molecule has 0 bridgehead atoms. The Balaban J connectivity index is 1.63. The van der Waals surface area contributed by atoms with Crippen LogP contribution >= 0.6 is 15.9 Å². The van der Waals surface area contributed by atoms with Gasteiger partial charge in [0.25, 0.3) is 0 Å². The van der Waals surface area contributed by atoms with Gasteiger partial charge in [0.2, 0.25) is 5.95 Å². The summed E-state index contributed by atoms with van der Waals surface area (Å²) in [5, 5.41) is 4.35. The first-order valence-corrected chi connectivity index (χ1v) is 10.6. The molecule has 0 radical (unpaired) electrons. The van der Waals surface area contributed by atoms with E-state index in [9.17, 15) is 0 Å². The number of hydrogen-bond donors (Lipinski definition) is 1. The minimum absolute atomic E-state index is 0.445. The molecule has 154 valence electrons. The first-order valence-electron chi connectivity index (χ1n) is 9.85. The van der Waals surface area contributed by atoms with E-state index in [0.717, 1.165) is 38.2 Å². The third-order valence-electron chi connectivity index (χ3n) is 4.72. The fourth-order valence-corrected chi connectivity index (χ4v) is 3.31. The normalized spacial score (nSPS) is 10.9. The third kappa shape index (κ3) is 5.35. The van der Waals surface area contributed by atoms with E-state index in [2.05, 4.69) is 53.5 Å². The second-order valence-corrected chi connectivity index (χ2v) is 8.11. The molecule has 31 heavy (non-hydrogen) atoms. The molecular weight excluding hydrogens is 450 g/mol. The number of nitrogens with zero attached hydrogens (tertiary/aromatic N) is 4. The summed E-state index contributed by atoms with van der Waals surface area (Å²) in [4.78, 5) is 11.4. The number of halogens is 1. The largest absolute Gasteiger partial charge is 0.378 e. The van der Waals surface area contributed by atoms with Crippen molar-refractivity contribution in [2.24, 2.45) is 5.10 Å². The highest BCUT2D eigenvalue weighted by Crippen LogP contribution is 2.26. The smallest absolute Gasteiger partial charge is 0.244 e. The molecule has 1 heterocycles. The predicted molar refractivity (Wildman–Crippen MR) is 133 cm³/mol. The molecular formula is C25H22BrN5. The maximum Gasteiger partial charge on any atom is 0.244 e. The van der Waals surface area contributed by atoms with Crippen molar-refractivity contribution >= 4 is 33.8 Å². The van der Waals surface area contributed by atoms with Gasteiger partial charge in [-0.1, -0.05) is 70.5 Å². The standard InChI is InChI=1S/C25H22BrN5/c1-31(2)22-14-8-18(9-15-22)17-27-30-25-28-23(19-6-4-3-5-7-19)16-24(29-25)20-10-12-21(26)13-11-20/h3-17H,1-2H3,(H,28,29,30). The molecule has 0 saturated heterocycles. The van der Waals surface area contributed by atoms with Crippen LogP contribution in [0.4, 0.5) is 11.6 Å². The molecule has 0 aliphatic rings. The lowest BCUT2D eigenvalue weighted by molar-refractivity contribution is 1.12. The summed E-state index contributed by atoms with van der Waals surface area (Å²) in [5.74, 6) is 0.445. The fraction of sp³-hybridized carbons (Fsp3) is 0.0800. The van der Waals surface area contributed by atoms with Crippen LogP contribution in [0, 0.1) is 0 Å². The number of rotatable bonds is 6. The van der Waals surface area contributed by atoms with Crippen LogP contribution in [0.15, 0.2) is 94.5 Å². The molecule has 6 heteroatoms. The summed E-state index contributed by atoms with van der Waals surface area (Å²) >= 11 is 3.49. The van der Waals surface area contributed by atoms with E-state index in [1.165, 1.54) is 0 Å². The predicted octanol–water partition coefficient (Wildman–Crippen LogP) is 6.09. The summed E-state index contributed by atoms with van der Waals surface area (Å²) in [6, 6.07) is 28.3. The highest BCUT2D eigenvalue weighted by Gasteiger charge is 2.08. The van der Waals surface area contributed by atoms with Crippen LogP contribution in [0.25, 0.3) is 22.5 Å². The Kier molecular flexibility index (Phi) is 6.38. The number of benzene rings is 3. The second-order valence-electron chi connectivity index (χ2n) is 7.19. The van der Waals surface area contributed by atoms with Gasteiger partial charge in [0.15, 0.2) is 0 Å². The highest BCUT2D eigenvalue weighted by atomic mass is 79.9. The fourth-order valence-electron chi connectivity index (χ4n) is 3.05. The zero-order valence-electron chi connectivity index (χ0n) is 17.3. The van der Waals surface area contributed by atoms with Crippen molar-refractivity contribution < 1.29 is 0 Å². The Bertz CT molecular complexity index is 1170. The van der Waals surface area contributed by atoms with E-state index < -0.39 is 0 Å². The van der Waals surface area contributed by atoms with Gasteiger partial charge in [0.05, 0.1) is 17.6 Å². The van der Waals surface area contributed by atoms with Crippen molar-refractivity contribution in [3.05, 3.63) is 95.0 Å². The van der Waals surface area contributed by atoms with Crippen LogP contribution in [0.2, 0.25) is 0 Å². The first-order chi connectivity index (χ1) is 15.1. The molecule has 4 aromatic rings. The minimum atomic E-state index is 0.445. The van der Waals surface area contributed by atoms with Crippen LogP contribution in [0.1, 0.15) is 5.56 Å². The summed E-state index contributed by atoms with van der Waals surface area (Å²) in [5.41, 5.74) is 8.82. The first kappa shape index (κ1) is 20.8. The average Bonchev–Trinajstić information content (AvgIpc) is 2.80. The summed E-state index contributed by atoms with van der Waals surface area (Å²) in [6.07, 6.45) is 1.76. The molecule has 0 saturated carbocycles. The number of aromatic nitrogens is 2. The van der Waals surface area contributed by atoms with Crippen LogP contribution in [-0.2, 0) is 0 Å². The van der Waals surface area contributed by atoms with Crippen molar-refractivity contribution in [2.75, 3.05) is 24.4 Å². The number of hydrazone groups is 1. The van der Waals surface area contributed by atoms with Gasteiger partial charge in [-0.15, -0.1) is 0 Å². The van der Waals surface area contributed by atoms with Crippen LogP contribution in [-0.4, -0.2) is 30.3 Å². The Morgan fingerprint density at radius 3 is 2.03 bits per heavy atom. The molecule has 1 N–H and O–H groups in total. The van der Waals surface area contributed by atoms with Gasteiger partial charge in [-0.05, 0) is 35.9 Å². The van der Waals surface area contributed by atoms with E-state index in [1.807, 2.05) is 86.9 Å². The number of anilines is 2. The molecule has 0 spiro atoms. The van der Waals surface area contributed by atoms with E-state index in [4.69, 9.17) is 0 Å². The molecule has 0 unspecified atom stereocenters.